The molecule has 1 atom stereocenters. The van der Waals surface area contributed by atoms with Crippen LogP contribution in [0.4, 0.5) is 0 Å². The molecule has 200 valence electrons. The lowest BCUT2D eigenvalue weighted by molar-refractivity contribution is -0.135. The number of hydrogen-bond donors (Lipinski definition) is 0. The van der Waals surface area contributed by atoms with Crippen LogP contribution in [0.15, 0.2) is 53.9 Å². The van der Waals surface area contributed by atoms with Gasteiger partial charge in [0.2, 0.25) is 12.7 Å². The highest BCUT2D eigenvalue weighted by molar-refractivity contribution is 7.10. The predicted molar refractivity (Wildman–Crippen MR) is 144 cm³/mol. The van der Waals surface area contributed by atoms with E-state index in [1.165, 1.54) is 4.88 Å². The number of amides is 2. The lowest BCUT2D eigenvalue weighted by atomic mass is 10.00. The van der Waals surface area contributed by atoms with Crippen LogP contribution in [-0.4, -0.2) is 61.8 Å². The molecule has 2 aromatic carbocycles. The Hall–Kier alpha value is -3.72. The van der Waals surface area contributed by atoms with E-state index in [0.717, 1.165) is 12.0 Å². The van der Waals surface area contributed by atoms with Crippen molar-refractivity contribution in [2.45, 2.75) is 26.3 Å². The van der Waals surface area contributed by atoms with Gasteiger partial charge in [-0.05, 0) is 59.7 Å². The average molecular weight is 537 g/mol. The smallest absolute Gasteiger partial charge is 0.254 e. The lowest BCUT2D eigenvalue weighted by Gasteiger charge is -2.37. The van der Waals surface area contributed by atoms with E-state index in [-0.39, 0.29) is 37.1 Å². The molecule has 0 spiro atoms. The van der Waals surface area contributed by atoms with Crippen molar-refractivity contribution >= 4 is 23.2 Å². The Labute approximate surface area is 226 Å². The van der Waals surface area contributed by atoms with Crippen LogP contribution in [0.1, 0.15) is 40.7 Å². The average Bonchev–Trinajstić information content (AvgIpc) is 3.60. The van der Waals surface area contributed by atoms with Gasteiger partial charge in [-0.3, -0.25) is 9.59 Å². The van der Waals surface area contributed by atoms with Gasteiger partial charge in [0.05, 0.1) is 13.2 Å². The molecule has 2 aliphatic rings. The topological polar surface area (TPSA) is 77.5 Å². The monoisotopic (exact) mass is 536 g/mol. The molecule has 0 aliphatic carbocycles. The summed E-state index contributed by atoms with van der Waals surface area (Å²) in [6, 6.07) is 14.4. The third-order valence-electron chi connectivity index (χ3n) is 6.68. The Morgan fingerprint density at radius 1 is 1.11 bits per heavy atom. The van der Waals surface area contributed by atoms with Gasteiger partial charge in [0.1, 0.15) is 24.7 Å². The molecule has 0 saturated heterocycles. The number of carbonyl (C=O) groups is 2. The number of thiophene rings is 1. The van der Waals surface area contributed by atoms with Crippen molar-refractivity contribution in [3.8, 4) is 23.0 Å². The summed E-state index contributed by atoms with van der Waals surface area (Å²) in [5.74, 6) is 2.44. The quantitative estimate of drug-likeness (QED) is 0.392. The van der Waals surface area contributed by atoms with Gasteiger partial charge in [-0.15, -0.1) is 11.3 Å². The van der Waals surface area contributed by atoms with E-state index in [9.17, 15) is 9.59 Å². The Morgan fingerprint density at radius 2 is 1.92 bits per heavy atom. The molecule has 38 heavy (non-hydrogen) atoms. The first kappa shape index (κ1) is 25.9. The van der Waals surface area contributed by atoms with Crippen molar-refractivity contribution in [2.24, 2.45) is 5.92 Å². The minimum absolute atomic E-state index is 0.0133. The summed E-state index contributed by atoms with van der Waals surface area (Å²) in [5, 5.41) is 2.06. The predicted octanol–water partition coefficient (Wildman–Crippen LogP) is 4.79. The van der Waals surface area contributed by atoms with Crippen molar-refractivity contribution in [3.05, 3.63) is 69.9 Å². The first-order valence-electron chi connectivity index (χ1n) is 12.7. The van der Waals surface area contributed by atoms with E-state index in [1.807, 2.05) is 43.0 Å². The normalized spacial score (nSPS) is 15.8. The van der Waals surface area contributed by atoms with Crippen LogP contribution >= 0.6 is 11.3 Å². The van der Waals surface area contributed by atoms with Gasteiger partial charge < -0.3 is 28.7 Å². The van der Waals surface area contributed by atoms with Crippen LogP contribution in [0.25, 0.3) is 0 Å². The van der Waals surface area contributed by atoms with E-state index in [1.54, 1.807) is 41.5 Å². The van der Waals surface area contributed by atoms with Gasteiger partial charge in [-0.2, -0.15) is 0 Å². The molecule has 3 heterocycles. The highest BCUT2D eigenvalue weighted by Crippen LogP contribution is 2.35. The van der Waals surface area contributed by atoms with Crippen LogP contribution in [0.3, 0.4) is 0 Å². The summed E-state index contributed by atoms with van der Waals surface area (Å²) in [4.78, 5) is 32.1. The maximum absolute atomic E-state index is 13.8. The van der Waals surface area contributed by atoms with Gasteiger partial charge in [0.15, 0.2) is 11.5 Å². The zero-order chi connectivity index (χ0) is 26.6. The standard InChI is InChI=1S/C29H32N2O6S/c1-19(2)15-30(29(33)20-7-8-25-26(13-20)37-18-36-25)16-28(32)31-11-9-27-23(10-12-38-27)24(31)17-35-22-6-4-5-21(14-22)34-3/h4-8,10,12-14,19,24H,9,11,15-18H2,1-3H3/t24-/m1/s1. The number of fused-ring (bicyclic) bond motifs is 2. The van der Waals surface area contributed by atoms with Gasteiger partial charge in [-0.1, -0.05) is 19.9 Å². The molecule has 2 aliphatic heterocycles. The molecule has 0 unspecified atom stereocenters. The lowest BCUT2D eigenvalue weighted by Crippen LogP contribution is -2.48. The minimum atomic E-state index is -0.245. The first-order valence-corrected chi connectivity index (χ1v) is 13.6. The minimum Gasteiger partial charge on any atom is -0.497 e. The number of hydrogen-bond acceptors (Lipinski definition) is 7. The van der Waals surface area contributed by atoms with Crippen molar-refractivity contribution in [1.29, 1.82) is 0 Å². The molecular formula is C29H32N2O6S. The van der Waals surface area contributed by atoms with E-state index in [4.69, 9.17) is 18.9 Å². The molecule has 5 rings (SSSR count). The fourth-order valence-electron chi connectivity index (χ4n) is 4.87. The summed E-state index contributed by atoms with van der Waals surface area (Å²) in [6.07, 6.45) is 0.786. The van der Waals surface area contributed by atoms with E-state index in [0.29, 0.717) is 48.3 Å². The summed E-state index contributed by atoms with van der Waals surface area (Å²) in [5.41, 5.74) is 1.58. The van der Waals surface area contributed by atoms with Crippen LogP contribution < -0.4 is 18.9 Å². The third kappa shape index (κ3) is 5.57. The first-order chi connectivity index (χ1) is 18.4. The van der Waals surface area contributed by atoms with Crippen LogP contribution in [0, 0.1) is 5.92 Å². The summed E-state index contributed by atoms with van der Waals surface area (Å²) in [6.45, 7) is 5.54. The van der Waals surface area contributed by atoms with E-state index < -0.39 is 0 Å². The van der Waals surface area contributed by atoms with Crippen molar-refractivity contribution in [1.82, 2.24) is 9.80 Å². The Morgan fingerprint density at radius 3 is 2.74 bits per heavy atom. The van der Waals surface area contributed by atoms with Gasteiger partial charge in [0.25, 0.3) is 5.91 Å². The van der Waals surface area contributed by atoms with Crippen LogP contribution in [0.2, 0.25) is 0 Å². The summed E-state index contributed by atoms with van der Waals surface area (Å²) >= 11 is 1.70. The SMILES string of the molecule is COc1cccc(OC[C@@H]2c3ccsc3CCN2C(=O)CN(CC(C)C)C(=O)c2ccc3c(c2)OCO3)c1. The second kappa shape index (κ2) is 11.3. The molecule has 8 nitrogen and oxygen atoms in total. The Bertz CT molecular complexity index is 1310. The van der Waals surface area contributed by atoms with E-state index >= 15 is 0 Å². The molecule has 0 N–H and O–H groups in total. The number of benzene rings is 2. The second-order valence-corrected chi connectivity index (χ2v) is 10.8. The maximum Gasteiger partial charge on any atom is 0.254 e. The fourth-order valence-corrected chi connectivity index (χ4v) is 5.80. The van der Waals surface area contributed by atoms with E-state index in [2.05, 4.69) is 11.4 Å². The molecule has 2 amide bonds. The highest BCUT2D eigenvalue weighted by atomic mass is 32.1. The third-order valence-corrected chi connectivity index (χ3v) is 7.68. The molecule has 0 radical (unpaired) electrons. The number of carbonyl (C=O) groups excluding carboxylic acids is 2. The second-order valence-electron chi connectivity index (χ2n) is 9.79. The summed E-state index contributed by atoms with van der Waals surface area (Å²) in [7, 11) is 1.62. The fraction of sp³-hybridized carbons (Fsp3) is 0.379. The Balaban J connectivity index is 1.34. The molecule has 1 aromatic heterocycles. The molecule has 0 saturated carbocycles. The zero-order valence-electron chi connectivity index (χ0n) is 21.8. The van der Waals surface area contributed by atoms with Gasteiger partial charge in [-0.25, -0.2) is 0 Å². The molecule has 3 aromatic rings. The largest absolute Gasteiger partial charge is 0.497 e. The Kier molecular flexibility index (Phi) is 7.74. The molecule has 0 bridgehead atoms. The van der Waals surface area contributed by atoms with Crippen molar-refractivity contribution < 1.29 is 28.5 Å². The van der Waals surface area contributed by atoms with Crippen molar-refractivity contribution in [2.75, 3.05) is 40.1 Å². The highest BCUT2D eigenvalue weighted by Gasteiger charge is 2.34. The van der Waals surface area contributed by atoms with Crippen LogP contribution in [0.5, 0.6) is 23.0 Å². The van der Waals surface area contributed by atoms with Crippen LogP contribution in [-0.2, 0) is 11.2 Å². The summed E-state index contributed by atoms with van der Waals surface area (Å²) < 4.78 is 22.3. The zero-order valence-corrected chi connectivity index (χ0v) is 22.7. The molecular weight excluding hydrogens is 504 g/mol. The van der Waals surface area contributed by atoms with Crippen molar-refractivity contribution in [3.63, 3.8) is 0 Å². The number of nitrogens with zero attached hydrogens (tertiary/aromatic N) is 2. The maximum atomic E-state index is 13.8. The molecule has 9 heteroatoms. The van der Waals surface area contributed by atoms with Gasteiger partial charge in [0, 0.05) is 29.6 Å². The number of methoxy groups -OCH3 is 1. The van der Waals surface area contributed by atoms with Gasteiger partial charge >= 0.3 is 0 Å². The molecule has 0 fully saturated rings. The number of ether oxygens (including phenoxy) is 4. The number of rotatable bonds is 9.